The minimum atomic E-state index is 0.702. The smallest absolute Gasteiger partial charge is 0.00515 e. The fourth-order valence-electron chi connectivity index (χ4n) is 2.39. The predicted molar refractivity (Wildman–Crippen MR) is 69.9 cm³/mol. The highest BCUT2D eigenvalue weighted by atomic mass is 14.5. The molecule has 3 unspecified atom stereocenters. The largest absolute Gasteiger partial charge is 0.330 e. The lowest BCUT2D eigenvalue weighted by Gasteiger charge is -2.20. The zero-order valence-corrected chi connectivity index (χ0v) is 11.4. The summed E-state index contributed by atoms with van der Waals surface area (Å²) < 4.78 is 0. The van der Waals surface area contributed by atoms with Crippen LogP contribution in [0, 0.1) is 23.7 Å². The van der Waals surface area contributed by atoms with Gasteiger partial charge in [0.2, 0.25) is 0 Å². The zero-order valence-electron chi connectivity index (χ0n) is 11.4. The molecule has 0 saturated heterocycles. The van der Waals surface area contributed by atoms with Gasteiger partial charge in [-0.1, -0.05) is 41.0 Å². The fourth-order valence-corrected chi connectivity index (χ4v) is 2.39. The Morgan fingerprint density at radius 1 is 0.733 bits per heavy atom. The first-order valence-electron chi connectivity index (χ1n) is 6.65. The summed E-state index contributed by atoms with van der Waals surface area (Å²) in [4.78, 5) is 0. The van der Waals surface area contributed by atoms with E-state index in [1.54, 1.807) is 0 Å². The third-order valence-electron chi connectivity index (χ3n) is 3.23. The van der Waals surface area contributed by atoms with Crippen LogP contribution in [0.5, 0.6) is 0 Å². The molecule has 0 aliphatic rings. The summed E-state index contributed by atoms with van der Waals surface area (Å²) in [7, 11) is 0. The van der Waals surface area contributed by atoms with Gasteiger partial charge in [0, 0.05) is 0 Å². The molecule has 0 heterocycles. The summed E-state index contributed by atoms with van der Waals surface area (Å²) in [6.07, 6.45) is 5.40. The number of hydrogen-bond donors (Lipinski definition) is 1. The van der Waals surface area contributed by atoms with Gasteiger partial charge in [0.05, 0.1) is 0 Å². The van der Waals surface area contributed by atoms with Gasteiger partial charge in [-0.15, -0.1) is 0 Å². The van der Waals surface area contributed by atoms with Crippen LogP contribution in [0.15, 0.2) is 0 Å². The number of rotatable bonds is 8. The quantitative estimate of drug-likeness (QED) is 0.646. The maximum absolute atomic E-state index is 5.63. The van der Waals surface area contributed by atoms with Crippen LogP contribution in [0.4, 0.5) is 0 Å². The molecule has 92 valence electrons. The SMILES string of the molecule is CC(C)CC(C)CC(C)CCC(C)CN. The van der Waals surface area contributed by atoms with Gasteiger partial charge >= 0.3 is 0 Å². The van der Waals surface area contributed by atoms with E-state index in [-0.39, 0.29) is 0 Å². The molecule has 0 aliphatic heterocycles. The summed E-state index contributed by atoms with van der Waals surface area (Å²) in [6, 6.07) is 0. The molecule has 0 bridgehead atoms. The van der Waals surface area contributed by atoms with Crippen LogP contribution >= 0.6 is 0 Å². The molecule has 0 aliphatic carbocycles. The van der Waals surface area contributed by atoms with Crippen LogP contribution in [-0.2, 0) is 0 Å². The van der Waals surface area contributed by atoms with Gasteiger partial charge in [-0.2, -0.15) is 0 Å². The van der Waals surface area contributed by atoms with E-state index in [0.29, 0.717) is 5.92 Å². The second-order valence-electron chi connectivity index (χ2n) is 5.99. The highest BCUT2D eigenvalue weighted by Gasteiger charge is 2.11. The highest BCUT2D eigenvalue weighted by molar-refractivity contribution is 4.63. The van der Waals surface area contributed by atoms with Gasteiger partial charge in [-0.3, -0.25) is 0 Å². The Labute approximate surface area is 96.8 Å². The summed E-state index contributed by atoms with van der Waals surface area (Å²) in [5.74, 6) is 3.30. The fraction of sp³-hybridized carbons (Fsp3) is 1.00. The van der Waals surface area contributed by atoms with E-state index in [9.17, 15) is 0 Å². The third-order valence-corrected chi connectivity index (χ3v) is 3.23. The molecular formula is C14H31N. The minimum Gasteiger partial charge on any atom is -0.330 e. The van der Waals surface area contributed by atoms with Crippen molar-refractivity contribution >= 4 is 0 Å². The molecule has 0 saturated carbocycles. The van der Waals surface area contributed by atoms with Crippen molar-refractivity contribution in [3.63, 3.8) is 0 Å². The van der Waals surface area contributed by atoms with Crippen molar-refractivity contribution in [3.05, 3.63) is 0 Å². The van der Waals surface area contributed by atoms with E-state index in [4.69, 9.17) is 5.73 Å². The Morgan fingerprint density at radius 2 is 1.27 bits per heavy atom. The average molecular weight is 213 g/mol. The molecular weight excluding hydrogens is 182 g/mol. The molecule has 0 amide bonds. The lowest BCUT2D eigenvalue weighted by molar-refractivity contribution is 0.326. The number of hydrogen-bond acceptors (Lipinski definition) is 1. The molecule has 2 N–H and O–H groups in total. The zero-order chi connectivity index (χ0) is 11.8. The van der Waals surface area contributed by atoms with E-state index >= 15 is 0 Å². The summed E-state index contributed by atoms with van der Waals surface area (Å²) in [5.41, 5.74) is 5.63. The Kier molecular flexibility index (Phi) is 8.13. The summed E-state index contributed by atoms with van der Waals surface area (Å²) in [5, 5.41) is 0. The predicted octanol–water partition coefficient (Wildman–Crippen LogP) is 4.07. The van der Waals surface area contributed by atoms with Gasteiger partial charge in [-0.25, -0.2) is 0 Å². The monoisotopic (exact) mass is 213 g/mol. The first kappa shape index (κ1) is 15.0. The Bertz CT molecular complexity index is 142. The normalized spacial score (nSPS) is 17.8. The van der Waals surface area contributed by atoms with Crippen molar-refractivity contribution < 1.29 is 0 Å². The molecule has 0 spiro atoms. The van der Waals surface area contributed by atoms with Crippen LogP contribution in [0.3, 0.4) is 0 Å². The van der Waals surface area contributed by atoms with Crippen molar-refractivity contribution in [2.75, 3.05) is 6.54 Å². The summed E-state index contributed by atoms with van der Waals surface area (Å²) in [6.45, 7) is 12.5. The van der Waals surface area contributed by atoms with E-state index < -0.39 is 0 Å². The molecule has 3 atom stereocenters. The second-order valence-corrected chi connectivity index (χ2v) is 5.99. The van der Waals surface area contributed by atoms with Gasteiger partial charge in [0.25, 0.3) is 0 Å². The van der Waals surface area contributed by atoms with E-state index in [1.165, 1.54) is 25.7 Å². The van der Waals surface area contributed by atoms with E-state index in [0.717, 1.165) is 24.3 Å². The molecule has 0 aromatic rings. The van der Waals surface area contributed by atoms with E-state index in [2.05, 4.69) is 34.6 Å². The topological polar surface area (TPSA) is 26.0 Å². The molecule has 0 radical (unpaired) electrons. The maximum Gasteiger partial charge on any atom is -0.00515 e. The maximum atomic E-state index is 5.63. The minimum absolute atomic E-state index is 0.702. The van der Waals surface area contributed by atoms with Crippen molar-refractivity contribution in [1.82, 2.24) is 0 Å². The lowest BCUT2D eigenvalue weighted by atomic mass is 9.87. The number of nitrogens with two attached hydrogens (primary N) is 1. The van der Waals surface area contributed by atoms with Crippen molar-refractivity contribution in [2.24, 2.45) is 29.4 Å². The molecule has 0 rings (SSSR count). The van der Waals surface area contributed by atoms with E-state index in [1.807, 2.05) is 0 Å². The van der Waals surface area contributed by atoms with Crippen LogP contribution < -0.4 is 5.73 Å². The van der Waals surface area contributed by atoms with Crippen molar-refractivity contribution in [3.8, 4) is 0 Å². The van der Waals surface area contributed by atoms with Crippen LogP contribution in [0.25, 0.3) is 0 Å². The molecule has 0 aromatic carbocycles. The van der Waals surface area contributed by atoms with Crippen molar-refractivity contribution in [1.29, 1.82) is 0 Å². The molecule has 0 fully saturated rings. The lowest BCUT2D eigenvalue weighted by Crippen LogP contribution is -2.13. The molecule has 0 aromatic heterocycles. The first-order chi connectivity index (χ1) is 6.95. The summed E-state index contributed by atoms with van der Waals surface area (Å²) >= 11 is 0. The van der Waals surface area contributed by atoms with Crippen molar-refractivity contribution in [2.45, 2.75) is 60.3 Å². The average Bonchev–Trinajstić information content (AvgIpc) is 2.12. The Morgan fingerprint density at radius 3 is 1.73 bits per heavy atom. The molecule has 15 heavy (non-hydrogen) atoms. The second kappa shape index (κ2) is 8.15. The molecule has 1 heteroatoms. The van der Waals surface area contributed by atoms with Crippen LogP contribution in [0.2, 0.25) is 0 Å². The van der Waals surface area contributed by atoms with Gasteiger partial charge < -0.3 is 5.73 Å². The van der Waals surface area contributed by atoms with Crippen LogP contribution in [-0.4, -0.2) is 6.54 Å². The van der Waals surface area contributed by atoms with Gasteiger partial charge in [0.1, 0.15) is 0 Å². The van der Waals surface area contributed by atoms with Gasteiger partial charge in [-0.05, 0) is 49.5 Å². The van der Waals surface area contributed by atoms with Gasteiger partial charge in [0.15, 0.2) is 0 Å². The van der Waals surface area contributed by atoms with Crippen LogP contribution in [0.1, 0.15) is 60.3 Å². The Balaban J connectivity index is 3.59. The third kappa shape index (κ3) is 8.92. The molecule has 1 nitrogen and oxygen atoms in total. The Hall–Kier alpha value is -0.0400. The first-order valence-corrected chi connectivity index (χ1v) is 6.65. The highest BCUT2D eigenvalue weighted by Crippen LogP contribution is 2.23. The standard InChI is InChI=1S/C14H31N/c1-11(2)8-14(5)9-12(3)6-7-13(4)10-15/h11-14H,6-10,15H2,1-5H3.